The molecular weight excluding hydrogens is 296 g/mol. The average molecular weight is 321 g/mol. The second-order valence-electron chi connectivity index (χ2n) is 7.84. The van der Waals surface area contributed by atoms with Gasteiger partial charge in [0.1, 0.15) is 11.5 Å². The van der Waals surface area contributed by atoms with E-state index in [2.05, 4.69) is 19.3 Å². The summed E-state index contributed by atoms with van der Waals surface area (Å²) in [6.07, 6.45) is 3.86. The minimum atomic E-state index is -0.307. The van der Waals surface area contributed by atoms with Gasteiger partial charge in [0.05, 0.1) is 39.3 Å². The van der Waals surface area contributed by atoms with E-state index in [1.165, 1.54) is 0 Å². The molecule has 1 aromatic rings. The molecule has 7 nitrogen and oxygen atoms in total. The Morgan fingerprint density at radius 1 is 1.26 bits per heavy atom. The molecule has 2 amide bonds. The molecule has 0 aromatic carbocycles. The molecule has 1 aromatic heterocycles. The smallest absolute Gasteiger partial charge is 0.344 e. The zero-order valence-corrected chi connectivity index (χ0v) is 13.8. The molecule has 0 radical (unpaired) electrons. The van der Waals surface area contributed by atoms with Gasteiger partial charge < -0.3 is 13.9 Å². The summed E-state index contributed by atoms with van der Waals surface area (Å²) in [5.41, 5.74) is 0.835. The molecule has 0 saturated carbocycles. The average Bonchev–Trinajstić information content (AvgIpc) is 3.09. The number of urea groups is 1. The number of quaternary nitrogens is 1. The Balaban J connectivity index is 1.49. The molecule has 2 bridgehead atoms. The second-order valence-corrected chi connectivity index (χ2v) is 7.84. The summed E-state index contributed by atoms with van der Waals surface area (Å²) >= 11 is 0. The third-order valence-corrected chi connectivity index (χ3v) is 5.80. The third-order valence-electron chi connectivity index (χ3n) is 5.80. The second kappa shape index (κ2) is 5.21. The number of nitrogens with zero attached hydrogens (tertiary/aromatic N) is 4. The van der Waals surface area contributed by atoms with Gasteiger partial charge in [-0.1, -0.05) is 5.16 Å². The summed E-state index contributed by atoms with van der Waals surface area (Å²) in [6.45, 7) is 2.88. The maximum Gasteiger partial charge on any atom is 0.344 e. The van der Waals surface area contributed by atoms with Gasteiger partial charge in [0.15, 0.2) is 0 Å². The van der Waals surface area contributed by atoms with Gasteiger partial charge in [-0.15, -0.1) is 0 Å². The van der Waals surface area contributed by atoms with Crippen molar-refractivity contribution in [1.29, 1.82) is 0 Å². The molecule has 4 rings (SSSR count). The Kier molecular flexibility index (Phi) is 3.39. The molecule has 1 N–H and O–H groups in total. The van der Waals surface area contributed by atoms with E-state index in [-0.39, 0.29) is 18.1 Å². The van der Waals surface area contributed by atoms with E-state index in [0.717, 1.165) is 59.8 Å². The quantitative estimate of drug-likeness (QED) is 0.668. The van der Waals surface area contributed by atoms with Crippen LogP contribution in [-0.2, 0) is 0 Å². The van der Waals surface area contributed by atoms with E-state index in [4.69, 9.17) is 4.52 Å². The van der Waals surface area contributed by atoms with Crippen molar-refractivity contribution in [3.05, 3.63) is 17.5 Å². The first-order valence-corrected chi connectivity index (χ1v) is 8.52. The molecule has 23 heavy (non-hydrogen) atoms. The normalized spacial score (nSPS) is 31.0. The number of carbonyl (C=O) groups is 1. The van der Waals surface area contributed by atoms with Crippen molar-refractivity contribution >= 4 is 6.03 Å². The van der Waals surface area contributed by atoms with Crippen molar-refractivity contribution < 1.29 is 19.0 Å². The third kappa shape index (κ3) is 2.52. The number of rotatable bonds is 2. The number of hydroxylamine groups is 2. The lowest BCUT2D eigenvalue weighted by atomic mass is 9.92. The van der Waals surface area contributed by atoms with Crippen molar-refractivity contribution in [3.63, 3.8) is 0 Å². The van der Waals surface area contributed by atoms with Gasteiger partial charge in [-0.05, 0) is 12.8 Å². The summed E-state index contributed by atoms with van der Waals surface area (Å²) in [5, 5.41) is 14.9. The monoisotopic (exact) mass is 321 g/mol. The van der Waals surface area contributed by atoms with Gasteiger partial charge in [-0.2, -0.15) is 0 Å². The van der Waals surface area contributed by atoms with Crippen molar-refractivity contribution in [3.8, 4) is 0 Å². The number of amides is 2. The van der Waals surface area contributed by atoms with E-state index in [1.54, 1.807) is 4.90 Å². The van der Waals surface area contributed by atoms with E-state index >= 15 is 0 Å². The molecule has 3 aliphatic heterocycles. The minimum Gasteiger partial charge on any atom is -0.361 e. The number of likely N-dealkylation sites (tertiary alicyclic amines) is 1. The summed E-state index contributed by atoms with van der Waals surface area (Å²) in [4.78, 5) is 13.8. The van der Waals surface area contributed by atoms with E-state index in [9.17, 15) is 10.0 Å². The zero-order valence-electron chi connectivity index (χ0n) is 13.8. The van der Waals surface area contributed by atoms with Crippen LogP contribution in [0.15, 0.2) is 10.6 Å². The van der Waals surface area contributed by atoms with Crippen LogP contribution in [0.3, 0.4) is 0 Å². The molecule has 3 aliphatic rings. The molecule has 3 fully saturated rings. The van der Waals surface area contributed by atoms with Crippen molar-refractivity contribution in [2.45, 2.75) is 43.7 Å². The summed E-state index contributed by atoms with van der Waals surface area (Å²) < 4.78 is 6.69. The molecule has 3 saturated heterocycles. The van der Waals surface area contributed by atoms with E-state index in [1.807, 2.05) is 6.07 Å². The minimum absolute atomic E-state index is 0.0655. The van der Waals surface area contributed by atoms with Gasteiger partial charge in [-0.3, -0.25) is 5.21 Å². The predicted octanol–water partition coefficient (Wildman–Crippen LogP) is 1.96. The van der Waals surface area contributed by atoms with Gasteiger partial charge in [0, 0.05) is 31.4 Å². The van der Waals surface area contributed by atoms with Crippen LogP contribution < -0.4 is 0 Å². The largest absolute Gasteiger partial charge is 0.361 e. The standard InChI is InChI=1S/C16H25N4O3/c1-20(2)7-5-11(6-8-20)15-9-13(17-23-15)14-4-3-12-10-18(14)16(21)19(12)22/h9,11-12,14,22H,3-8,10H2,1-2H3/q+1/t12-,14+/m1/s1. The van der Waals surface area contributed by atoms with Crippen molar-refractivity contribution in [2.75, 3.05) is 33.7 Å². The Labute approximate surface area is 136 Å². The van der Waals surface area contributed by atoms with Gasteiger partial charge in [-0.25, -0.2) is 9.86 Å². The van der Waals surface area contributed by atoms with Crippen LogP contribution >= 0.6 is 0 Å². The Morgan fingerprint density at radius 3 is 2.74 bits per heavy atom. The highest BCUT2D eigenvalue weighted by atomic mass is 16.5. The molecule has 4 heterocycles. The highest BCUT2D eigenvalue weighted by Crippen LogP contribution is 2.38. The molecule has 0 spiro atoms. The van der Waals surface area contributed by atoms with Crippen molar-refractivity contribution in [1.82, 2.24) is 15.1 Å². The molecule has 126 valence electrons. The number of hydrogen-bond donors (Lipinski definition) is 1. The van der Waals surface area contributed by atoms with Gasteiger partial charge in [0.2, 0.25) is 0 Å². The Hall–Kier alpha value is -1.60. The maximum absolute atomic E-state index is 12.1. The number of piperidine rings is 2. The summed E-state index contributed by atoms with van der Waals surface area (Å²) in [7, 11) is 4.53. The number of aromatic nitrogens is 1. The maximum atomic E-state index is 12.1. The first kappa shape index (κ1) is 15.0. The molecular formula is C16H25N4O3+. The van der Waals surface area contributed by atoms with Crippen LogP contribution in [-0.4, -0.2) is 70.6 Å². The van der Waals surface area contributed by atoms with Crippen LogP contribution in [0.4, 0.5) is 4.79 Å². The molecule has 2 atom stereocenters. The van der Waals surface area contributed by atoms with Crippen molar-refractivity contribution in [2.24, 2.45) is 0 Å². The summed E-state index contributed by atoms with van der Waals surface area (Å²) in [5.74, 6) is 1.39. The van der Waals surface area contributed by atoms with Crippen LogP contribution in [0, 0.1) is 0 Å². The Bertz CT molecular complexity index is 604. The van der Waals surface area contributed by atoms with Gasteiger partial charge in [0.25, 0.3) is 0 Å². The fourth-order valence-electron chi connectivity index (χ4n) is 4.16. The first-order valence-electron chi connectivity index (χ1n) is 8.52. The fourth-order valence-corrected chi connectivity index (χ4v) is 4.16. The number of carbonyl (C=O) groups excluding carboxylic acids is 1. The number of fused-ring (bicyclic) bond motifs is 2. The first-order chi connectivity index (χ1) is 10.9. The molecule has 0 unspecified atom stereocenters. The lowest BCUT2D eigenvalue weighted by Crippen LogP contribution is -2.45. The predicted molar refractivity (Wildman–Crippen MR) is 81.8 cm³/mol. The lowest BCUT2D eigenvalue weighted by Gasteiger charge is -2.36. The zero-order chi connectivity index (χ0) is 16.2. The highest BCUT2D eigenvalue weighted by molar-refractivity contribution is 5.76. The van der Waals surface area contributed by atoms with Crippen LogP contribution in [0.25, 0.3) is 0 Å². The van der Waals surface area contributed by atoms with Gasteiger partial charge >= 0.3 is 6.03 Å². The van der Waals surface area contributed by atoms with E-state index in [0.29, 0.717) is 12.5 Å². The topological polar surface area (TPSA) is 69.8 Å². The lowest BCUT2D eigenvalue weighted by molar-refractivity contribution is -0.895. The fraction of sp³-hybridized carbons (Fsp3) is 0.750. The summed E-state index contributed by atoms with van der Waals surface area (Å²) in [6, 6.07) is 1.60. The van der Waals surface area contributed by atoms with Crippen LogP contribution in [0.1, 0.15) is 49.1 Å². The molecule has 7 heteroatoms. The van der Waals surface area contributed by atoms with E-state index < -0.39 is 0 Å². The number of hydrogen-bond acceptors (Lipinski definition) is 4. The van der Waals surface area contributed by atoms with Crippen LogP contribution in [0.2, 0.25) is 0 Å². The molecule has 0 aliphatic carbocycles. The van der Waals surface area contributed by atoms with Crippen LogP contribution in [0.5, 0.6) is 0 Å². The Morgan fingerprint density at radius 2 is 2.00 bits per heavy atom. The highest BCUT2D eigenvalue weighted by Gasteiger charge is 2.45. The SMILES string of the molecule is C[N+]1(C)CCC(c2cc([C@@H]3CC[C@@H]4CN3C(=O)N4O)no2)CC1.